The minimum Gasteiger partial charge on any atom is -0.497 e. The Morgan fingerprint density at radius 3 is 2.61 bits per heavy atom. The van der Waals surface area contributed by atoms with Gasteiger partial charge in [0, 0.05) is 18.7 Å². The van der Waals surface area contributed by atoms with E-state index in [-0.39, 0.29) is 11.6 Å². The van der Waals surface area contributed by atoms with E-state index in [2.05, 4.69) is 20.6 Å². The highest BCUT2D eigenvalue weighted by atomic mass is 16.5. The van der Waals surface area contributed by atoms with Crippen LogP contribution in [-0.4, -0.2) is 30.1 Å². The summed E-state index contributed by atoms with van der Waals surface area (Å²) in [6.45, 7) is 2.45. The molecule has 1 aromatic heterocycles. The third kappa shape index (κ3) is 4.56. The molecule has 0 radical (unpaired) electrons. The minimum absolute atomic E-state index is 0.268. The smallest absolute Gasteiger partial charge is 0.270 e. The van der Waals surface area contributed by atoms with Crippen molar-refractivity contribution in [2.75, 3.05) is 19.5 Å². The number of ether oxygens (including phenoxy) is 2. The predicted octanol–water partition coefficient (Wildman–Crippen LogP) is 3.48. The van der Waals surface area contributed by atoms with Gasteiger partial charge in [0.2, 0.25) is 0 Å². The second-order valence-corrected chi connectivity index (χ2v) is 6.09. The molecular formula is C21H22N4O3. The van der Waals surface area contributed by atoms with Crippen LogP contribution in [0.3, 0.4) is 0 Å². The van der Waals surface area contributed by atoms with Gasteiger partial charge in [0.1, 0.15) is 29.3 Å². The van der Waals surface area contributed by atoms with E-state index in [0.29, 0.717) is 29.5 Å². The average molecular weight is 378 g/mol. The maximum Gasteiger partial charge on any atom is 0.270 e. The SMILES string of the molecule is COc1ccc(Nc2cc(C(=O)NCc3ccccc3C)ncn2)c(OC)c1. The van der Waals surface area contributed by atoms with Crippen LogP contribution in [-0.2, 0) is 6.54 Å². The number of carbonyl (C=O) groups is 1. The predicted molar refractivity (Wildman–Crippen MR) is 107 cm³/mol. The van der Waals surface area contributed by atoms with E-state index < -0.39 is 0 Å². The molecule has 1 heterocycles. The molecule has 3 aromatic rings. The summed E-state index contributed by atoms with van der Waals surface area (Å²) in [5.41, 5.74) is 3.16. The summed E-state index contributed by atoms with van der Waals surface area (Å²) in [7, 11) is 3.17. The van der Waals surface area contributed by atoms with Gasteiger partial charge in [-0.05, 0) is 30.2 Å². The lowest BCUT2D eigenvalue weighted by atomic mass is 10.1. The van der Waals surface area contributed by atoms with Crippen molar-refractivity contribution in [1.82, 2.24) is 15.3 Å². The lowest BCUT2D eigenvalue weighted by Crippen LogP contribution is -2.24. The summed E-state index contributed by atoms with van der Waals surface area (Å²) in [6, 6.07) is 14.9. The molecule has 2 aromatic carbocycles. The standard InChI is InChI=1S/C21H22N4O3/c1-14-6-4-5-7-15(14)12-22-21(26)18-11-20(24-13-23-18)25-17-9-8-16(27-2)10-19(17)28-3/h4-11,13H,12H2,1-3H3,(H,22,26)(H,23,24,25). The Morgan fingerprint density at radius 1 is 1.04 bits per heavy atom. The normalized spacial score (nSPS) is 10.2. The van der Waals surface area contributed by atoms with E-state index in [1.807, 2.05) is 43.3 Å². The molecule has 7 heteroatoms. The fraction of sp³-hybridized carbons (Fsp3) is 0.190. The van der Waals surface area contributed by atoms with Crippen molar-refractivity contribution < 1.29 is 14.3 Å². The molecule has 0 atom stereocenters. The van der Waals surface area contributed by atoms with Gasteiger partial charge in [-0.2, -0.15) is 0 Å². The zero-order valence-electron chi connectivity index (χ0n) is 16.0. The largest absolute Gasteiger partial charge is 0.497 e. The van der Waals surface area contributed by atoms with Crippen molar-refractivity contribution in [3.05, 3.63) is 71.7 Å². The van der Waals surface area contributed by atoms with Gasteiger partial charge in [0.05, 0.1) is 19.9 Å². The highest BCUT2D eigenvalue weighted by Gasteiger charge is 2.11. The Labute approximate surface area is 163 Å². The topological polar surface area (TPSA) is 85.4 Å². The molecule has 1 amide bonds. The maximum absolute atomic E-state index is 12.5. The van der Waals surface area contributed by atoms with E-state index in [4.69, 9.17) is 9.47 Å². The molecule has 0 fully saturated rings. The molecule has 28 heavy (non-hydrogen) atoms. The molecule has 7 nitrogen and oxygen atoms in total. The van der Waals surface area contributed by atoms with Gasteiger partial charge in [-0.15, -0.1) is 0 Å². The van der Waals surface area contributed by atoms with Gasteiger partial charge in [-0.1, -0.05) is 24.3 Å². The van der Waals surface area contributed by atoms with E-state index >= 15 is 0 Å². The highest BCUT2D eigenvalue weighted by molar-refractivity contribution is 5.93. The molecule has 3 rings (SSSR count). The molecule has 0 aliphatic rings. The zero-order valence-corrected chi connectivity index (χ0v) is 16.0. The van der Waals surface area contributed by atoms with Crippen LogP contribution in [0.2, 0.25) is 0 Å². The maximum atomic E-state index is 12.5. The van der Waals surface area contributed by atoms with Crippen molar-refractivity contribution in [1.29, 1.82) is 0 Å². The molecule has 0 aliphatic heterocycles. The molecule has 144 valence electrons. The van der Waals surface area contributed by atoms with Gasteiger partial charge in [-0.25, -0.2) is 9.97 Å². The minimum atomic E-state index is -0.268. The zero-order chi connectivity index (χ0) is 19.9. The number of aromatic nitrogens is 2. The van der Waals surface area contributed by atoms with Crippen LogP contribution in [0, 0.1) is 6.92 Å². The molecule has 2 N–H and O–H groups in total. The summed E-state index contributed by atoms with van der Waals surface area (Å²) in [5, 5.41) is 6.03. The van der Waals surface area contributed by atoms with Crippen LogP contribution >= 0.6 is 0 Å². The van der Waals surface area contributed by atoms with Crippen LogP contribution in [0.5, 0.6) is 11.5 Å². The second-order valence-electron chi connectivity index (χ2n) is 6.09. The molecule has 0 saturated carbocycles. The molecule has 0 saturated heterocycles. The number of aryl methyl sites for hydroxylation is 1. The van der Waals surface area contributed by atoms with Crippen molar-refractivity contribution in [2.24, 2.45) is 0 Å². The van der Waals surface area contributed by atoms with Crippen molar-refractivity contribution in [3.8, 4) is 11.5 Å². The molecule has 0 bridgehead atoms. The molecular weight excluding hydrogens is 356 g/mol. The third-order valence-corrected chi connectivity index (χ3v) is 4.27. The Hall–Kier alpha value is -3.61. The number of carbonyl (C=O) groups excluding carboxylic acids is 1. The highest BCUT2D eigenvalue weighted by Crippen LogP contribution is 2.30. The number of benzene rings is 2. The van der Waals surface area contributed by atoms with Crippen LogP contribution < -0.4 is 20.1 Å². The number of rotatable bonds is 7. The van der Waals surface area contributed by atoms with Crippen molar-refractivity contribution in [2.45, 2.75) is 13.5 Å². The number of nitrogens with one attached hydrogen (secondary N) is 2. The lowest BCUT2D eigenvalue weighted by molar-refractivity contribution is 0.0945. The summed E-state index contributed by atoms with van der Waals surface area (Å²) < 4.78 is 10.6. The third-order valence-electron chi connectivity index (χ3n) is 4.27. The Balaban J connectivity index is 1.72. The summed E-state index contributed by atoms with van der Waals surface area (Å²) in [6.07, 6.45) is 1.35. The van der Waals surface area contributed by atoms with Crippen LogP contribution in [0.25, 0.3) is 0 Å². The number of nitrogens with zero attached hydrogens (tertiary/aromatic N) is 2. The number of methoxy groups -OCH3 is 2. The van der Waals surface area contributed by atoms with Gasteiger partial charge in [0.25, 0.3) is 5.91 Å². The quantitative estimate of drug-likeness (QED) is 0.655. The van der Waals surface area contributed by atoms with Gasteiger partial charge < -0.3 is 20.1 Å². The number of amides is 1. The average Bonchev–Trinajstić information content (AvgIpc) is 2.73. The van der Waals surface area contributed by atoms with Crippen molar-refractivity contribution >= 4 is 17.4 Å². The molecule has 0 spiro atoms. The van der Waals surface area contributed by atoms with Crippen molar-refractivity contribution in [3.63, 3.8) is 0 Å². The Bertz CT molecular complexity index is 975. The van der Waals surface area contributed by atoms with E-state index in [0.717, 1.165) is 11.1 Å². The van der Waals surface area contributed by atoms with Gasteiger partial charge in [-0.3, -0.25) is 4.79 Å². The van der Waals surface area contributed by atoms with Crippen LogP contribution in [0.4, 0.5) is 11.5 Å². The van der Waals surface area contributed by atoms with Crippen LogP contribution in [0.15, 0.2) is 54.9 Å². The first-order valence-corrected chi connectivity index (χ1v) is 8.74. The van der Waals surface area contributed by atoms with E-state index in [9.17, 15) is 4.79 Å². The first-order valence-electron chi connectivity index (χ1n) is 8.74. The summed E-state index contributed by atoms with van der Waals surface area (Å²) >= 11 is 0. The molecule has 0 aliphatic carbocycles. The Kier molecular flexibility index (Phi) is 6.06. The van der Waals surface area contributed by atoms with Gasteiger partial charge in [0.15, 0.2) is 0 Å². The number of hydrogen-bond donors (Lipinski definition) is 2. The number of hydrogen-bond acceptors (Lipinski definition) is 6. The van der Waals surface area contributed by atoms with Crippen LogP contribution in [0.1, 0.15) is 21.6 Å². The first-order chi connectivity index (χ1) is 13.6. The fourth-order valence-electron chi connectivity index (χ4n) is 2.66. The second kappa shape index (κ2) is 8.85. The number of anilines is 2. The Morgan fingerprint density at radius 2 is 1.86 bits per heavy atom. The van der Waals surface area contributed by atoms with E-state index in [1.165, 1.54) is 6.33 Å². The molecule has 0 unspecified atom stereocenters. The van der Waals surface area contributed by atoms with Gasteiger partial charge >= 0.3 is 0 Å². The fourth-order valence-corrected chi connectivity index (χ4v) is 2.66. The first kappa shape index (κ1) is 19.2. The van der Waals surface area contributed by atoms with E-state index in [1.54, 1.807) is 26.4 Å². The lowest BCUT2D eigenvalue weighted by Gasteiger charge is -2.12. The summed E-state index contributed by atoms with van der Waals surface area (Å²) in [5.74, 6) is 1.50. The monoisotopic (exact) mass is 378 g/mol. The summed E-state index contributed by atoms with van der Waals surface area (Å²) in [4.78, 5) is 20.7.